The van der Waals surface area contributed by atoms with E-state index >= 15 is 0 Å². The largest absolute Gasteiger partial charge is 0.310 e. The summed E-state index contributed by atoms with van der Waals surface area (Å²) in [5, 5.41) is 4.56. The van der Waals surface area contributed by atoms with E-state index in [0.717, 1.165) is 11.1 Å². The van der Waals surface area contributed by atoms with E-state index in [9.17, 15) is 0 Å². The topological polar surface area (TPSA) is 15.3 Å². The van der Waals surface area contributed by atoms with Crippen LogP contribution < -0.4 is 5.32 Å². The first-order chi connectivity index (χ1) is 8.72. The van der Waals surface area contributed by atoms with Gasteiger partial charge in [-0.1, -0.05) is 23.7 Å². The SMILES string of the molecule is CC(c1ccc(Cl)cc1)N1CCC2CCC(C1)N2.Cl. The lowest BCUT2D eigenvalue weighted by Gasteiger charge is -2.30. The fraction of sp³-hybridized carbons (Fsp3) is 0.600. The molecule has 2 nitrogen and oxygen atoms in total. The molecule has 2 saturated heterocycles. The predicted molar refractivity (Wildman–Crippen MR) is 83.3 cm³/mol. The van der Waals surface area contributed by atoms with Crippen LogP contribution in [-0.2, 0) is 0 Å². The summed E-state index contributed by atoms with van der Waals surface area (Å²) in [6.45, 7) is 4.69. The molecule has 0 aliphatic carbocycles. The summed E-state index contributed by atoms with van der Waals surface area (Å²) in [4.78, 5) is 2.61. The molecule has 3 atom stereocenters. The van der Waals surface area contributed by atoms with Crippen molar-refractivity contribution in [3.8, 4) is 0 Å². The van der Waals surface area contributed by atoms with E-state index in [0.29, 0.717) is 12.1 Å². The molecular weight excluding hydrogens is 279 g/mol. The number of nitrogens with one attached hydrogen (secondary N) is 1. The number of benzene rings is 1. The minimum Gasteiger partial charge on any atom is -0.310 e. The van der Waals surface area contributed by atoms with Gasteiger partial charge in [-0.05, 0) is 43.9 Å². The number of fused-ring (bicyclic) bond motifs is 2. The van der Waals surface area contributed by atoms with Crippen molar-refractivity contribution in [1.82, 2.24) is 10.2 Å². The van der Waals surface area contributed by atoms with E-state index in [1.807, 2.05) is 12.1 Å². The smallest absolute Gasteiger partial charge is 0.0406 e. The van der Waals surface area contributed by atoms with Crippen molar-refractivity contribution in [1.29, 1.82) is 0 Å². The van der Waals surface area contributed by atoms with Crippen LogP contribution in [0.1, 0.15) is 37.8 Å². The van der Waals surface area contributed by atoms with Crippen LogP contribution in [0.5, 0.6) is 0 Å². The van der Waals surface area contributed by atoms with Gasteiger partial charge in [0.25, 0.3) is 0 Å². The van der Waals surface area contributed by atoms with Crippen LogP contribution >= 0.6 is 24.0 Å². The third-order valence-electron chi connectivity index (χ3n) is 4.45. The van der Waals surface area contributed by atoms with Crippen LogP contribution in [0.3, 0.4) is 0 Å². The fourth-order valence-corrected chi connectivity index (χ4v) is 3.40. The summed E-state index contributed by atoms with van der Waals surface area (Å²) in [6, 6.07) is 10.3. The molecule has 0 spiro atoms. The Balaban J connectivity index is 0.00000133. The number of halogens is 2. The second kappa shape index (κ2) is 6.45. The van der Waals surface area contributed by atoms with Crippen LogP contribution in [0.25, 0.3) is 0 Å². The minimum atomic E-state index is 0. The van der Waals surface area contributed by atoms with Crippen molar-refractivity contribution < 1.29 is 0 Å². The maximum absolute atomic E-state index is 5.96. The molecule has 0 radical (unpaired) electrons. The van der Waals surface area contributed by atoms with E-state index in [1.54, 1.807) is 0 Å². The van der Waals surface area contributed by atoms with E-state index < -0.39 is 0 Å². The van der Waals surface area contributed by atoms with Gasteiger partial charge < -0.3 is 5.32 Å². The lowest BCUT2D eigenvalue weighted by atomic mass is 10.0. The molecule has 3 rings (SSSR count). The predicted octanol–water partition coefficient (Wildman–Crippen LogP) is 3.65. The van der Waals surface area contributed by atoms with Crippen LogP contribution in [0, 0.1) is 0 Å². The molecule has 0 aromatic heterocycles. The van der Waals surface area contributed by atoms with E-state index in [2.05, 4.69) is 29.3 Å². The summed E-state index contributed by atoms with van der Waals surface area (Å²) in [6.07, 6.45) is 4.00. The number of rotatable bonds is 2. The lowest BCUT2D eigenvalue weighted by molar-refractivity contribution is 0.200. The Hall–Kier alpha value is -0.280. The summed E-state index contributed by atoms with van der Waals surface area (Å²) in [5.41, 5.74) is 1.37. The van der Waals surface area contributed by atoms with Gasteiger partial charge in [0.2, 0.25) is 0 Å². The zero-order chi connectivity index (χ0) is 12.5. The monoisotopic (exact) mass is 300 g/mol. The zero-order valence-electron chi connectivity index (χ0n) is 11.3. The van der Waals surface area contributed by atoms with Crippen LogP contribution in [0.4, 0.5) is 0 Å². The van der Waals surface area contributed by atoms with Gasteiger partial charge in [0.1, 0.15) is 0 Å². The molecule has 2 aliphatic rings. The molecule has 2 heterocycles. The van der Waals surface area contributed by atoms with Crippen molar-refractivity contribution in [2.45, 2.75) is 44.3 Å². The summed E-state index contributed by atoms with van der Waals surface area (Å²) < 4.78 is 0. The number of hydrogen-bond acceptors (Lipinski definition) is 2. The molecule has 2 bridgehead atoms. The highest BCUT2D eigenvalue weighted by Gasteiger charge is 2.31. The second-order valence-electron chi connectivity index (χ2n) is 5.65. The lowest BCUT2D eigenvalue weighted by Crippen LogP contribution is -2.36. The van der Waals surface area contributed by atoms with Crippen molar-refractivity contribution in [2.24, 2.45) is 0 Å². The standard InChI is InChI=1S/C15H21ClN2.ClH/c1-11(12-2-4-13(16)5-3-12)18-9-8-14-6-7-15(10-18)17-14;/h2-5,11,14-15,17H,6-10H2,1H3;1H. The molecule has 1 aromatic rings. The van der Waals surface area contributed by atoms with Gasteiger partial charge in [0.05, 0.1) is 0 Å². The summed E-state index contributed by atoms with van der Waals surface area (Å²) in [5.74, 6) is 0. The maximum atomic E-state index is 5.96. The molecule has 2 fully saturated rings. The molecule has 1 N–H and O–H groups in total. The number of hydrogen-bond donors (Lipinski definition) is 1. The van der Waals surface area contributed by atoms with E-state index in [4.69, 9.17) is 11.6 Å². The Morgan fingerprint density at radius 2 is 1.84 bits per heavy atom. The van der Waals surface area contributed by atoms with Gasteiger partial charge >= 0.3 is 0 Å². The van der Waals surface area contributed by atoms with Crippen molar-refractivity contribution in [3.63, 3.8) is 0 Å². The third kappa shape index (κ3) is 3.43. The molecule has 1 aromatic carbocycles. The average Bonchev–Trinajstić information content (AvgIpc) is 2.69. The van der Waals surface area contributed by atoms with Crippen LogP contribution in [-0.4, -0.2) is 30.1 Å². The van der Waals surface area contributed by atoms with E-state index in [1.165, 1.54) is 37.9 Å². The summed E-state index contributed by atoms with van der Waals surface area (Å²) >= 11 is 5.96. The fourth-order valence-electron chi connectivity index (χ4n) is 3.27. The van der Waals surface area contributed by atoms with Gasteiger partial charge in [-0.3, -0.25) is 4.90 Å². The highest BCUT2D eigenvalue weighted by molar-refractivity contribution is 6.30. The summed E-state index contributed by atoms with van der Waals surface area (Å²) in [7, 11) is 0. The highest BCUT2D eigenvalue weighted by Crippen LogP contribution is 2.27. The van der Waals surface area contributed by atoms with Gasteiger partial charge in [-0.15, -0.1) is 12.4 Å². The maximum Gasteiger partial charge on any atom is 0.0406 e. The first-order valence-electron chi connectivity index (χ1n) is 6.98. The Bertz CT molecular complexity index is 407. The van der Waals surface area contributed by atoms with E-state index in [-0.39, 0.29) is 12.4 Å². The molecule has 0 saturated carbocycles. The minimum absolute atomic E-state index is 0. The Morgan fingerprint density at radius 1 is 1.16 bits per heavy atom. The van der Waals surface area contributed by atoms with Crippen molar-refractivity contribution >= 4 is 24.0 Å². The second-order valence-corrected chi connectivity index (χ2v) is 6.09. The molecule has 0 amide bonds. The normalized spacial score (nSPS) is 28.5. The Labute approximate surface area is 126 Å². The Kier molecular flexibility index (Phi) is 5.13. The molecule has 3 unspecified atom stereocenters. The number of likely N-dealkylation sites (tertiary alicyclic amines) is 1. The third-order valence-corrected chi connectivity index (χ3v) is 4.71. The van der Waals surface area contributed by atoms with Crippen molar-refractivity contribution in [2.75, 3.05) is 13.1 Å². The Morgan fingerprint density at radius 3 is 2.58 bits per heavy atom. The molecular formula is C15H22Cl2N2. The first kappa shape index (κ1) is 15.1. The van der Waals surface area contributed by atoms with Gasteiger partial charge in [-0.2, -0.15) is 0 Å². The van der Waals surface area contributed by atoms with Crippen LogP contribution in [0.2, 0.25) is 5.02 Å². The van der Waals surface area contributed by atoms with Crippen LogP contribution in [0.15, 0.2) is 24.3 Å². The highest BCUT2D eigenvalue weighted by atomic mass is 35.5. The first-order valence-corrected chi connectivity index (χ1v) is 7.36. The molecule has 4 heteroatoms. The molecule has 2 aliphatic heterocycles. The van der Waals surface area contributed by atoms with Gasteiger partial charge in [0.15, 0.2) is 0 Å². The van der Waals surface area contributed by atoms with Crippen molar-refractivity contribution in [3.05, 3.63) is 34.9 Å². The zero-order valence-corrected chi connectivity index (χ0v) is 12.9. The molecule has 19 heavy (non-hydrogen) atoms. The van der Waals surface area contributed by atoms with Gasteiger partial charge in [-0.25, -0.2) is 0 Å². The average molecular weight is 301 g/mol. The van der Waals surface area contributed by atoms with Gasteiger partial charge in [0, 0.05) is 36.2 Å². The number of nitrogens with zero attached hydrogens (tertiary/aromatic N) is 1. The quantitative estimate of drug-likeness (QED) is 0.897. The molecule has 106 valence electrons.